The van der Waals surface area contributed by atoms with Crippen LogP contribution >= 0.6 is 0 Å². The molecule has 1 aromatic heterocycles. The summed E-state index contributed by atoms with van der Waals surface area (Å²) in [6.45, 7) is 0. The van der Waals surface area contributed by atoms with E-state index in [2.05, 4.69) is 9.97 Å². The minimum atomic E-state index is -0.518. The molecule has 58 valence electrons. The summed E-state index contributed by atoms with van der Waals surface area (Å²) in [7, 11) is 1.30. The minimum absolute atomic E-state index is 0.198. The maximum Gasteiger partial charge on any atom is 0.219 e. The highest BCUT2D eigenvalue weighted by Gasteiger charge is 1.95. The molecule has 0 radical (unpaired) electrons. The van der Waals surface area contributed by atoms with Crippen molar-refractivity contribution in [3.63, 3.8) is 0 Å². The Labute approximate surface area is 62.6 Å². The van der Waals surface area contributed by atoms with Crippen molar-refractivity contribution in [2.24, 2.45) is 0 Å². The SMILES string of the molecule is C[N+]([O-])=Cc1ncc(F)cn1. The third kappa shape index (κ3) is 2.29. The number of hydrogen-bond donors (Lipinski definition) is 0. The molecule has 0 atom stereocenters. The second kappa shape index (κ2) is 3.05. The molecule has 1 rings (SSSR count). The van der Waals surface area contributed by atoms with Gasteiger partial charge in [0.1, 0.15) is 7.05 Å². The zero-order chi connectivity index (χ0) is 8.27. The van der Waals surface area contributed by atoms with Crippen molar-refractivity contribution in [1.82, 2.24) is 9.97 Å². The lowest BCUT2D eigenvalue weighted by molar-refractivity contribution is -0.417. The second-order valence-corrected chi connectivity index (χ2v) is 1.93. The van der Waals surface area contributed by atoms with E-state index in [0.29, 0.717) is 4.74 Å². The van der Waals surface area contributed by atoms with Gasteiger partial charge in [-0.15, -0.1) is 0 Å². The van der Waals surface area contributed by atoms with Crippen LogP contribution in [0.1, 0.15) is 5.82 Å². The van der Waals surface area contributed by atoms with E-state index in [0.717, 1.165) is 18.6 Å². The molecule has 5 heteroatoms. The average Bonchev–Trinajstić information content (AvgIpc) is 1.93. The first-order valence-electron chi connectivity index (χ1n) is 2.91. The minimum Gasteiger partial charge on any atom is -0.624 e. The van der Waals surface area contributed by atoms with Crippen LogP contribution in [0.5, 0.6) is 0 Å². The van der Waals surface area contributed by atoms with E-state index >= 15 is 0 Å². The summed E-state index contributed by atoms with van der Waals surface area (Å²) in [6, 6.07) is 0. The predicted octanol–water partition coefficient (Wildman–Crippen LogP) is 0.175. The van der Waals surface area contributed by atoms with Crippen LogP contribution < -0.4 is 0 Å². The smallest absolute Gasteiger partial charge is 0.219 e. The van der Waals surface area contributed by atoms with Gasteiger partial charge in [-0.3, -0.25) is 0 Å². The monoisotopic (exact) mass is 155 g/mol. The van der Waals surface area contributed by atoms with E-state index in [1.54, 1.807) is 0 Å². The van der Waals surface area contributed by atoms with Crippen molar-refractivity contribution in [3.8, 4) is 0 Å². The highest BCUT2D eigenvalue weighted by atomic mass is 19.1. The summed E-state index contributed by atoms with van der Waals surface area (Å²) in [4.78, 5) is 7.07. The largest absolute Gasteiger partial charge is 0.624 e. The van der Waals surface area contributed by atoms with Crippen molar-refractivity contribution in [3.05, 3.63) is 29.2 Å². The Morgan fingerprint density at radius 1 is 1.55 bits per heavy atom. The lowest BCUT2D eigenvalue weighted by Gasteiger charge is -1.93. The van der Waals surface area contributed by atoms with Gasteiger partial charge in [0.25, 0.3) is 0 Å². The standard InChI is InChI=1S/C6H6FN3O/c1-10(11)4-6-8-2-5(7)3-9-6/h2-4H,1H3. The fourth-order valence-electron chi connectivity index (χ4n) is 0.552. The topological polar surface area (TPSA) is 51.9 Å². The molecule has 0 spiro atoms. The zero-order valence-corrected chi connectivity index (χ0v) is 5.86. The van der Waals surface area contributed by atoms with Crippen molar-refractivity contribution in [2.45, 2.75) is 0 Å². The van der Waals surface area contributed by atoms with Gasteiger partial charge in [-0.2, -0.15) is 0 Å². The molecular formula is C6H6FN3O. The van der Waals surface area contributed by atoms with Crippen LogP contribution in [-0.4, -0.2) is 28.0 Å². The molecule has 0 saturated carbocycles. The quantitative estimate of drug-likeness (QED) is 0.251. The molecule has 1 aromatic rings. The average molecular weight is 155 g/mol. The summed E-state index contributed by atoms with van der Waals surface area (Å²) in [5.41, 5.74) is 0. The Morgan fingerprint density at radius 2 is 2.09 bits per heavy atom. The second-order valence-electron chi connectivity index (χ2n) is 1.93. The van der Waals surface area contributed by atoms with Crippen molar-refractivity contribution in [1.29, 1.82) is 0 Å². The molecule has 0 aliphatic rings. The van der Waals surface area contributed by atoms with Gasteiger partial charge in [-0.05, 0) is 0 Å². The summed E-state index contributed by atoms with van der Waals surface area (Å²) < 4.78 is 12.7. The number of halogens is 1. The van der Waals surface area contributed by atoms with Crippen molar-refractivity contribution < 1.29 is 9.13 Å². The first-order valence-corrected chi connectivity index (χ1v) is 2.91. The van der Waals surface area contributed by atoms with E-state index in [1.807, 2.05) is 0 Å². The van der Waals surface area contributed by atoms with E-state index in [9.17, 15) is 9.60 Å². The van der Waals surface area contributed by atoms with Crippen LogP contribution in [0.2, 0.25) is 0 Å². The third-order valence-corrected chi connectivity index (χ3v) is 0.938. The van der Waals surface area contributed by atoms with Crippen molar-refractivity contribution >= 4 is 6.21 Å². The lowest BCUT2D eigenvalue weighted by atomic mass is 10.6. The van der Waals surface area contributed by atoms with Crippen LogP contribution in [-0.2, 0) is 0 Å². The van der Waals surface area contributed by atoms with Gasteiger partial charge in [0.2, 0.25) is 12.0 Å². The van der Waals surface area contributed by atoms with Gasteiger partial charge in [-0.25, -0.2) is 19.1 Å². The number of hydroxylamine groups is 1. The zero-order valence-electron chi connectivity index (χ0n) is 5.86. The molecule has 0 N–H and O–H groups in total. The van der Waals surface area contributed by atoms with Gasteiger partial charge < -0.3 is 5.21 Å². The van der Waals surface area contributed by atoms with Crippen LogP contribution in [0.3, 0.4) is 0 Å². The lowest BCUT2D eigenvalue weighted by Crippen LogP contribution is -2.02. The highest BCUT2D eigenvalue weighted by Crippen LogP contribution is 1.89. The molecule has 0 bridgehead atoms. The van der Waals surface area contributed by atoms with Crippen molar-refractivity contribution in [2.75, 3.05) is 7.05 Å². The summed E-state index contributed by atoms with van der Waals surface area (Å²) >= 11 is 0. The molecule has 1 heterocycles. The van der Waals surface area contributed by atoms with E-state index in [-0.39, 0.29) is 5.82 Å². The van der Waals surface area contributed by atoms with Crippen LogP contribution in [0, 0.1) is 11.0 Å². The molecule has 0 fully saturated rings. The van der Waals surface area contributed by atoms with Gasteiger partial charge in [0, 0.05) is 0 Å². The summed E-state index contributed by atoms with van der Waals surface area (Å²) in [5, 5.41) is 10.4. The summed E-state index contributed by atoms with van der Waals surface area (Å²) in [5.74, 6) is -0.320. The molecular weight excluding hydrogens is 149 g/mol. The van der Waals surface area contributed by atoms with Crippen LogP contribution in [0.25, 0.3) is 0 Å². The maximum absolute atomic E-state index is 12.2. The summed E-state index contributed by atoms with van der Waals surface area (Å²) in [6.07, 6.45) is 3.16. The Kier molecular flexibility index (Phi) is 2.10. The Hall–Kier alpha value is -1.52. The molecule has 0 unspecified atom stereocenters. The highest BCUT2D eigenvalue weighted by molar-refractivity contribution is 5.69. The molecule has 0 saturated heterocycles. The Bertz CT molecular complexity index is 266. The normalized spacial score (nSPS) is 11.6. The van der Waals surface area contributed by atoms with E-state index in [1.165, 1.54) is 7.05 Å². The molecule has 0 aromatic carbocycles. The Balaban J connectivity index is 2.91. The molecule has 0 aliphatic carbocycles. The predicted molar refractivity (Wildman–Crippen MR) is 36.7 cm³/mol. The van der Waals surface area contributed by atoms with Gasteiger partial charge >= 0.3 is 0 Å². The Morgan fingerprint density at radius 3 is 2.55 bits per heavy atom. The van der Waals surface area contributed by atoms with Crippen LogP contribution in [0.15, 0.2) is 12.4 Å². The molecule has 11 heavy (non-hydrogen) atoms. The number of hydrogen-bond acceptors (Lipinski definition) is 3. The first-order chi connectivity index (χ1) is 5.18. The number of aromatic nitrogens is 2. The number of nitrogens with zero attached hydrogens (tertiary/aromatic N) is 3. The maximum atomic E-state index is 12.2. The van der Waals surface area contributed by atoms with Gasteiger partial charge in [0.05, 0.1) is 12.4 Å². The fourth-order valence-corrected chi connectivity index (χ4v) is 0.552. The van der Waals surface area contributed by atoms with Crippen LogP contribution in [0.4, 0.5) is 4.39 Å². The van der Waals surface area contributed by atoms with Gasteiger partial charge in [-0.1, -0.05) is 0 Å². The van der Waals surface area contributed by atoms with E-state index in [4.69, 9.17) is 0 Å². The molecule has 0 amide bonds. The number of rotatable bonds is 1. The van der Waals surface area contributed by atoms with Gasteiger partial charge in [0.15, 0.2) is 5.82 Å². The molecule has 0 aliphatic heterocycles. The van der Waals surface area contributed by atoms with E-state index < -0.39 is 5.82 Å². The first kappa shape index (κ1) is 7.59. The molecule has 4 nitrogen and oxygen atoms in total. The third-order valence-electron chi connectivity index (χ3n) is 0.938. The fraction of sp³-hybridized carbons (Fsp3) is 0.167.